The first-order valence-corrected chi connectivity index (χ1v) is 8.43. The summed E-state index contributed by atoms with van der Waals surface area (Å²) in [7, 11) is -3.28. The molecule has 1 aromatic heterocycles. The molecule has 0 spiro atoms. The molecule has 0 aliphatic heterocycles. The van der Waals surface area contributed by atoms with Crippen molar-refractivity contribution in [3.8, 4) is 0 Å². The maximum atomic E-state index is 11.9. The van der Waals surface area contributed by atoms with Crippen LogP contribution in [0.1, 0.15) is 19.3 Å². The monoisotopic (exact) mass is 325 g/mol. The molecule has 0 atom stereocenters. The Labute approximate surface area is 125 Å². The Hall–Kier alpha value is -2.19. The van der Waals surface area contributed by atoms with Crippen LogP contribution in [0.3, 0.4) is 0 Å². The summed E-state index contributed by atoms with van der Waals surface area (Å²) in [5.74, 6) is -1.53. The van der Waals surface area contributed by atoms with E-state index in [1.165, 1.54) is 36.4 Å². The summed E-state index contributed by atoms with van der Waals surface area (Å²) in [6, 6.07) is 8.51. The van der Waals surface area contributed by atoms with E-state index in [1.54, 1.807) is 0 Å². The molecule has 110 valence electrons. The number of hydrogen-bond donors (Lipinski definition) is 2. The van der Waals surface area contributed by atoms with Crippen molar-refractivity contribution < 1.29 is 23.1 Å². The third kappa shape index (κ3) is 3.67. The molecule has 2 N–H and O–H groups in total. The first kappa shape index (κ1) is 15.2. The second kappa shape index (κ2) is 5.66. The third-order valence-electron chi connectivity index (χ3n) is 2.58. The van der Waals surface area contributed by atoms with Crippen molar-refractivity contribution in [1.29, 1.82) is 0 Å². The number of carboxylic acids is 1. The Morgan fingerprint density at radius 1 is 1.05 bits per heavy atom. The summed E-state index contributed by atoms with van der Waals surface area (Å²) in [6.45, 7) is 0. The van der Waals surface area contributed by atoms with Crippen molar-refractivity contribution in [3.63, 3.8) is 0 Å². The molecule has 2 rings (SSSR count). The average Bonchev–Trinajstić information content (AvgIpc) is 2.88. The fraction of sp³-hybridized carbons (Fsp3) is 0.0769. The van der Waals surface area contributed by atoms with Gasteiger partial charge in [0.1, 0.15) is 4.88 Å². The second-order valence-corrected chi connectivity index (χ2v) is 7.32. The zero-order valence-electron chi connectivity index (χ0n) is 10.9. The molecule has 2 aromatic rings. The Bertz CT molecular complexity index is 790. The molecular weight excluding hydrogens is 314 g/mol. The van der Waals surface area contributed by atoms with Crippen LogP contribution in [0.15, 0.2) is 41.3 Å². The molecule has 1 heterocycles. The summed E-state index contributed by atoms with van der Waals surface area (Å²) in [4.78, 5) is 23.2. The smallest absolute Gasteiger partial charge is 0.345 e. The second-order valence-electron chi connectivity index (χ2n) is 4.22. The van der Waals surface area contributed by atoms with Gasteiger partial charge in [0, 0.05) is 11.9 Å². The van der Waals surface area contributed by atoms with Gasteiger partial charge in [0.2, 0.25) is 0 Å². The van der Waals surface area contributed by atoms with Gasteiger partial charge in [-0.15, -0.1) is 11.3 Å². The fourth-order valence-electron chi connectivity index (χ4n) is 1.55. The minimum absolute atomic E-state index is 0.0765. The van der Waals surface area contributed by atoms with Crippen molar-refractivity contribution in [3.05, 3.63) is 46.2 Å². The van der Waals surface area contributed by atoms with Gasteiger partial charge in [-0.2, -0.15) is 0 Å². The zero-order valence-corrected chi connectivity index (χ0v) is 12.5. The summed E-state index contributed by atoms with van der Waals surface area (Å²) in [6.07, 6.45) is 1.10. The third-order valence-corrected chi connectivity index (χ3v) is 4.78. The molecule has 0 saturated heterocycles. The van der Waals surface area contributed by atoms with Crippen LogP contribution >= 0.6 is 11.3 Å². The lowest BCUT2D eigenvalue weighted by Gasteiger charge is -2.04. The number of benzene rings is 1. The first-order chi connectivity index (χ1) is 9.77. The molecule has 0 saturated carbocycles. The highest BCUT2D eigenvalue weighted by atomic mass is 32.2. The highest BCUT2D eigenvalue weighted by Gasteiger charge is 2.13. The normalized spacial score (nSPS) is 11.1. The van der Waals surface area contributed by atoms with Crippen molar-refractivity contribution in [2.45, 2.75) is 4.90 Å². The lowest BCUT2D eigenvalue weighted by molar-refractivity contribution is 0.0702. The summed E-state index contributed by atoms with van der Waals surface area (Å²) in [5.41, 5.74) is 0.428. The van der Waals surface area contributed by atoms with E-state index in [0.717, 1.165) is 17.6 Å². The highest BCUT2D eigenvalue weighted by Crippen LogP contribution is 2.19. The number of sulfone groups is 1. The van der Waals surface area contributed by atoms with E-state index >= 15 is 0 Å². The first-order valence-electron chi connectivity index (χ1n) is 5.72. The molecule has 1 amide bonds. The summed E-state index contributed by atoms with van der Waals surface area (Å²) in [5, 5.41) is 11.4. The maximum Gasteiger partial charge on any atom is 0.345 e. The Morgan fingerprint density at radius 3 is 2.10 bits per heavy atom. The van der Waals surface area contributed by atoms with Crippen molar-refractivity contribution in [2.24, 2.45) is 0 Å². The van der Waals surface area contributed by atoms with Crippen LogP contribution in [0.4, 0.5) is 5.69 Å². The fourth-order valence-corrected chi connectivity index (χ4v) is 2.92. The summed E-state index contributed by atoms with van der Waals surface area (Å²) < 4.78 is 22.6. The maximum absolute atomic E-state index is 11.9. The van der Waals surface area contributed by atoms with Crippen molar-refractivity contribution in [1.82, 2.24) is 0 Å². The van der Waals surface area contributed by atoms with Crippen LogP contribution in [-0.4, -0.2) is 31.7 Å². The molecule has 0 bridgehead atoms. The van der Waals surface area contributed by atoms with Crippen LogP contribution < -0.4 is 5.32 Å². The van der Waals surface area contributed by atoms with Crippen molar-refractivity contribution in [2.75, 3.05) is 11.6 Å². The number of anilines is 1. The van der Waals surface area contributed by atoms with Crippen LogP contribution in [0.2, 0.25) is 0 Å². The van der Waals surface area contributed by atoms with Gasteiger partial charge in [-0.05, 0) is 36.4 Å². The number of amides is 1. The van der Waals surface area contributed by atoms with E-state index in [1.807, 2.05) is 0 Å². The van der Waals surface area contributed by atoms with Crippen LogP contribution in [0.5, 0.6) is 0 Å². The molecule has 0 radical (unpaired) electrons. The number of carboxylic acid groups (broad SMARTS) is 1. The largest absolute Gasteiger partial charge is 0.477 e. The zero-order chi connectivity index (χ0) is 15.6. The Morgan fingerprint density at radius 2 is 1.62 bits per heavy atom. The van der Waals surface area contributed by atoms with Gasteiger partial charge < -0.3 is 10.4 Å². The number of carbonyl (C=O) groups is 2. The Balaban J connectivity index is 2.14. The number of nitrogens with one attached hydrogen (secondary N) is 1. The molecule has 0 unspecified atom stereocenters. The predicted molar refractivity (Wildman–Crippen MR) is 78.8 cm³/mol. The van der Waals surface area contributed by atoms with Crippen LogP contribution in [0.25, 0.3) is 0 Å². The van der Waals surface area contributed by atoms with E-state index in [2.05, 4.69) is 5.32 Å². The quantitative estimate of drug-likeness (QED) is 0.896. The standard InChI is InChI=1S/C13H11NO5S2/c1-21(18,19)9-4-2-8(3-5-9)14-12(15)10-6-7-11(20-10)13(16)17/h2-7H,1H3,(H,14,15)(H,16,17). The number of aromatic carboxylic acids is 1. The van der Waals surface area contributed by atoms with Gasteiger partial charge in [0.05, 0.1) is 9.77 Å². The predicted octanol–water partition coefficient (Wildman–Crippen LogP) is 2.10. The van der Waals surface area contributed by atoms with E-state index in [-0.39, 0.29) is 14.6 Å². The number of carbonyl (C=O) groups excluding carboxylic acids is 1. The minimum atomic E-state index is -3.28. The van der Waals surface area contributed by atoms with Gasteiger partial charge in [0.15, 0.2) is 9.84 Å². The molecule has 0 aliphatic carbocycles. The van der Waals surface area contributed by atoms with Gasteiger partial charge in [0.25, 0.3) is 5.91 Å². The molecule has 0 aliphatic rings. The molecular formula is C13H11NO5S2. The summed E-state index contributed by atoms with van der Waals surface area (Å²) >= 11 is 0.868. The van der Waals surface area contributed by atoms with E-state index in [0.29, 0.717) is 5.69 Å². The van der Waals surface area contributed by atoms with E-state index in [4.69, 9.17) is 5.11 Å². The molecule has 6 nitrogen and oxygen atoms in total. The minimum Gasteiger partial charge on any atom is -0.477 e. The molecule has 0 fully saturated rings. The molecule has 1 aromatic carbocycles. The highest BCUT2D eigenvalue weighted by molar-refractivity contribution is 7.90. The lowest BCUT2D eigenvalue weighted by Crippen LogP contribution is -2.10. The van der Waals surface area contributed by atoms with E-state index < -0.39 is 21.7 Å². The van der Waals surface area contributed by atoms with Gasteiger partial charge >= 0.3 is 5.97 Å². The van der Waals surface area contributed by atoms with Gasteiger partial charge in [-0.1, -0.05) is 0 Å². The number of hydrogen-bond acceptors (Lipinski definition) is 5. The molecule has 8 heteroatoms. The Kier molecular flexibility index (Phi) is 4.10. The average molecular weight is 325 g/mol. The number of rotatable bonds is 4. The van der Waals surface area contributed by atoms with Gasteiger partial charge in [-0.3, -0.25) is 4.79 Å². The van der Waals surface area contributed by atoms with Gasteiger partial charge in [-0.25, -0.2) is 13.2 Å². The SMILES string of the molecule is CS(=O)(=O)c1ccc(NC(=O)c2ccc(C(=O)O)s2)cc1. The van der Waals surface area contributed by atoms with Crippen LogP contribution in [0, 0.1) is 0 Å². The lowest BCUT2D eigenvalue weighted by atomic mass is 10.3. The number of thiophene rings is 1. The van der Waals surface area contributed by atoms with Crippen molar-refractivity contribution >= 4 is 38.7 Å². The topological polar surface area (TPSA) is 101 Å². The van der Waals surface area contributed by atoms with E-state index in [9.17, 15) is 18.0 Å². The molecule has 21 heavy (non-hydrogen) atoms. The van der Waals surface area contributed by atoms with Crippen LogP contribution in [-0.2, 0) is 9.84 Å².